The third-order valence-electron chi connectivity index (χ3n) is 6.01. The van der Waals surface area contributed by atoms with Crippen molar-refractivity contribution in [3.05, 3.63) is 29.3 Å². The third kappa shape index (κ3) is 3.61. The molecule has 1 aromatic carbocycles. The zero-order valence-electron chi connectivity index (χ0n) is 16.2. The highest BCUT2D eigenvalue weighted by atomic mass is 19.4. The van der Waals surface area contributed by atoms with E-state index in [2.05, 4.69) is 5.32 Å². The van der Waals surface area contributed by atoms with Crippen LogP contribution in [0.3, 0.4) is 0 Å². The molecule has 1 aliphatic heterocycles. The van der Waals surface area contributed by atoms with E-state index in [1.54, 1.807) is 0 Å². The Labute approximate surface area is 167 Å². The lowest BCUT2D eigenvalue weighted by Crippen LogP contribution is -2.54. The maximum absolute atomic E-state index is 14.2. The predicted octanol–water partition coefficient (Wildman–Crippen LogP) is 4.33. The number of hydrogen-bond acceptors (Lipinski definition) is 3. The Morgan fingerprint density at radius 2 is 1.83 bits per heavy atom. The molecule has 0 bridgehead atoms. The number of halogens is 7. The minimum absolute atomic E-state index is 0.184. The first-order chi connectivity index (χ1) is 13.7. The lowest BCUT2D eigenvalue weighted by Gasteiger charge is -2.36. The minimum atomic E-state index is -4.89. The van der Waals surface area contributed by atoms with Gasteiger partial charge in [0.2, 0.25) is 11.7 Å². The summed E-state index contributed by atoms with van der Waals surface area (Å²) in [5.74, 6) is -10.1. The summed E-state index contributed by atoms with van der Waals surface area (Å²) in [5.41, 5.74) is -2.98. The zero-order chi connectivity index (χ0) is 22.6. The summed E-state index contributed by atoms with van der Waals surface area (Å²) in [4.78, 5) is 12.7. The molecular weight excluding hydrogens is 423 g/mol. The van der Waals surface area contributed by atoms with Crippen LogP contribution >= 0.6 is 0 Å². The van der Waals surface area contributed by atoms with Gasteiger partial charge in [-0.15, -0.1) is 0 Å². The summed E-state index contributed by atoms with van der Waals surface area (Å²) < 4.78 is 105. The molecule has 3 rings (SSSR count). The second-order valence-electron chi connectivity index (χ2n) is 7.91. The van der Waals surface area contributed by atoms with E-state index in [0.717, 1.165) is 20.1 Å². The highest BCUT2D eigenvalue weighted by Gasteiger charge is 2.66. The number of hydrogen-bond donors (Lipinski definition) is 1. The highest BCUT2D eigenvalue weighted by molar-refractivity contribution is 5.83. The number of amides is 1. The Morgan fingerprint density at radius 1 is 1.23 bits per heavy atom. The van der Waals surface area contributed by atoms with Crippen LogP contribution in [-0.4, -0.2) is 42.9 Å². The first kappa shape index (κ1) is 22.6. The number of methoxy groups -OCH3 is 1. The summed E-state index contributed by atoms with van der Waals surface area (Å²) >= 11 is 0. The molecule has 2 fully saturated rings. The van der Waals surface area contributed by atoms with Gasteiger partial charge in [-0.2, -0.15) is 17.6 Å². The van der Waals surface area contributed by atoms with Gasteiger partial charge in [0.25, 0.3) is 5.92 Å². The van der Waals surface area contributed by atoms with Crippen molar-refractivity contribution in [2.45, 2.75) is 62.5 Å². The van der Waals surface area contributed by atoms with E-state index in [-0.39, 0.29) is 5.56 Å². The van der Waals surface area contributed by atoms with Crippen LogP contribution in [-0.2, 0) is 9.53 Å². The molecule has 0 unspecified atom stereocenters. The summed E-state index contributed by atoms with van der Waals surface area (Å²) in [6.07, 6.45) is -7.96. The second kappa shape index (κ2) is 7.28. The van der Waals surface area contributed by atoms with Crippen molar-refractivity contribution in [2.24, 2.45) is 5.92 Å². The van der Waals surface area contributed by atoms with Crippen molar-refractivity contribution in [1.82, 2.24) is 5.32 Å². The van der Waals surface area contributed by atoms with Crippen LogP contribution in [0.4, 0.5) is 30.7 Å². The van der Waals surface area contributed by atoms with E-state index in [9.17, 15) is 35.5 Å². The normalized spacial score (nSPS) is 31.3. The molecule has 11 heteroatoms. The molecule has 1 aromatic rings. The standard InChI is InChI=1S/C19H20F7NO3/c1-8-12(10-4-5-11(20)13(21)14(10)29-3)15(30-17(8,2)19(24,25)26)16(28)27-9-6-18(22,23)7-9/h4-5,8-9,12,15H,6-7H2,1-3H3,(H,27,28)/t8-,12-,15+,17+/m0/s1. The van der Waals surface area contributed by atoms with Gasteiger partial charge in [0, 0.05) is 36.3 Å². The number of carbonyl (C=O) groups excluding carboxylic acids is 1. The number of rotatable bonds is 4. The van der Waals surface area contributed by atoms with Crippen molar-refractivity contribution in [2.75, 3.05) is 7.11 Å². The van der Waals surface area contributed by atoms with Gasteiger partial charge in [-0.3, -0.25) is 4.79 Å². The van der Waals surface area contributed by atoms with Crippen LogP contribution in [0.2, 0.25) is 0 Å². The lowest BCUT2D eigenvalue weighted by molar-refractivity contribution is -0.272. The smallest absolute Gasteiger partial charge is 0.417 e. The quantitative estimate of drug-likeness (QED) is 0.705. The molecule has 168 valence electrons. The molecular formula is C19H20F7NO3. The predicted molar refractivity (Wildman–Crippen MR) is 90.3 cm³/mol. The van der Waals surface area contributed by atoms with Gasteiger partial charge in [0.1, 0.15) is 6.10 Å². The van der Waals surface area contributed by atoms with Gasteiger partial charge in [-0.1, -0.05) is 13.0 Å². The van der Waals surface area contributed by atoms with E-state index >= 15 is 0 Å². The van der Waals surface area contributed by atoms with Crippen molar-refractivity contribution < 1.29 is 45.0 Å². The third-order valence-corrected chi connectivity index (χ3v) is 6.01. The molecule has 4 nitrogen and oxygen atoms in total. The van der Waals surface area contributed by atoms with Gasteiger partial charge in [0.15, 0.2) is 17.2 Å². The van der Waals surface area contributed by atoms with Gasteiger partial charge in [0.05, 0.1) is 7.11 Å². The molecule has 2 aliphatic rings. The Kier molecular flexibility index (Phi) is 5.49. The molecule has 4 atom stereocenters. The van der Waals surface area contributed by atoms with E-state index < -0.39 is 77.8 Å². The topological polar surface area (TPSA) is 47.6 Å². The van der Waals surface area contributed by atoms with Crippen LogP contribution in [0.25, 0.3) is 0 Å². The summed E-state index contributed by atoms with van der Waals surface area (Å²) in [5, 5.41) is 2.27. The van der Waals surface area contributed by atoms with Gasteiger partial charge in [-0.25, -0.2) is 13.2 Å². The van der Waals surface area contributed by atoms with Gasteiger partial charge in [-0.05, 0) is 13.0 Å². The second-order valence-corrected chi connectivity index (χ2v) is 7.91. The summed E-state index contributed by atoms with van der Waals surface area (Å²) in [6, 6.07) is 0.823. The molecule has 1 saturated carbocycles. The number of carbonyl (C=O) groups is 1. The van der Waals surface area contributed by atoms with Crippen molar-refractivity contribution in [1.29, 1.82) is 0 Å². The molecule has 30 heavy (non-hydrogen) atoms. The minimum Gasteiger partial charge on any atom is -0.493 e. The maximum Gasteiger partial charge on any atom is 0.417 e. The number of nitrogens with one attached hydrogen (secondary N) is 1. The highest BCUT2D eigenvalue weighted by Crippen LogP contribution is 2.55. The van der Waals surface area contributed by atoms with Crippen molar-refractivity contribution in [3.8, 4) is 5.75 Å². The first-order valence-electron chi connectivity index (χ1n) is 9.16. The first-order valence-corrected chi connectivity index (χ1v) is 9.16. The fourth-order valence-electron chi connectivity index (χ4n) is 4.09. The Bertz CT molecular complexity index is 836. The molecule has 1 aliphatic carbocycles. The number of alkyl halides is 5. The zero-order valence-corrected chi connectivity index (χ0v) is 16.2. The largest absolute Gasteiger partial charge is 0.493 e. The van der Waals surface area contributed by atoms with Crippen LogP contribution in [0, 0.1) is 17.6 Å². The summed E-state index contributed by atoms with van der Waals surface area (Å²) in [7, 11) is 1.01. The van der Waals surface area contributed by atoms with Gasteiger partial charge < -0.3 is 14.8 Å². The monoisotopic (exact) mass is 443 g/mol. The van der Waals surface area contributed by atoms with Crippen molar-refractivity contribution >= 4 is 5.91 Å². The van der Waals surface area contributed by atoms with Crippen LogP contribution in [0.5, 0.6) is 5.75 Å². The van der Waals surface area contributed by atoms with Gasteiger partial charge >= 0.3 is 6.18 Å². The number of benzene rings is 1. The molecule has 0 radical (unpaired) electrons. The lowest BCUT2D eigenvalue weighted by atomic mass is 9.76. The Hall–Kier alpha value is -2.04. The molecule has 1 N–H and O–H groups in total. The Balaban J connectivity index is 2.01. The average Bonchev–Trinajstić information content (AvgIpc) is 2.88. The average molecular weight is 443 g/mol. The van der Waals surface area contributed by atoms with E-state index in [1.807, 2.05) is 0 Å². The molecule has 1 heterocycles. The number of ether oxygens (including phenoxy) is 2. The fourth-order valence-corrected chi connectivity index (χ4v) is 4.09. The van der Waals surface area contributed by atoms with Crippen LogP contribution in [0.1, 0.15) is 38.2 Å². The van der Waals surface area contributed by atoms with E-state index in [1.165, 1.54) is 6.92 Å². The van der Waals surface area contributed by atoms with E-state index in [4.69, 9.17) is 9.47 Å². The molecule has 1 saturated heterocycles. The summed E-state index contributed by atoms with van der Waals surface area (Å²) in [6.45, 7) is 1.92. The van der Waals surface area contributed by atoms with Crippen LogP contribution < -0.4 is 10.1 Å². The maximum atomic E-state index is 14.2. The molecule has 0 spiro atoms. The van der Waals surface area contributed by atoms with E-state index in [0.29, 0.717) is 6.07 Å². The molecule has 0 aromatic heterocycles. The van der Waals surface area contributed by atoms with Crippen LogP contribution in [0.15, 0.2) is 12.1 Å². The molecule has 1 amide bonds. The SMILES string of the molecule is COc1c([C@H]2[C@H](C(=O)NC3CC(F)(F)C3)O[C@@](C)(C(F)(F)F)[C@H]2C)ccc(F)c1F. The fraction of sp³-hybridized carbons (Fsp3) is 0.632. The Morgan fingerprint density at radius 3 is 2.33 bits per heavy atom. The van der Waals surface area contributed by atoms with Crippen molar-refractivity contribution in [3.63, 3.8) is 0 Å².